The van der Waals surface area contributed by atoms with Crippen LogP contribution < -0.4 is 11.1 Å². The smallest absolute Gasteiger partial charge is 0.362 e. The summed E-state index contributed by atoms with van der Waals surface area (Å²) in [5.41, 5.74) is 5.21. The molecule has 13 nitrogen and oxygen atoms in total. The minimum Gasteiger partial charge on any atom is -0.380 e. The number of nitrogen functional groups attached to an aromatic ring is 1. The minimum absolute atomic E-state index is 0.0593. The Balaban J connectivity index is 0.000000633. The first-order valence-corrected chi connectivity index (χ1v) is 11.9. The maximum Gasteiger partial charge on any atom is 0.362 e. The highest BCUT2D eigenvalue weighted by atomic mass is 32.2. The molecule has 0 aromatic carbocycles. The fraction of sp³-hybridized carbons (Fsp3) is 0.588. The second-order valence-corrected chi connectivity index (χ2v) is 8.54. The zero-order valence-corrected chi connectivity index (χ0v) is 19.8. The third-order valence-electron chi connectivity index (χ3n) is 4.48. The molecule has 0 spiro atoms. The lowest BCUT2D eigenvalue weighted by Gasteiger charge is -2.42. The lowest BCUT2D eigenvalue weighted by molar-refractivity contribution is -0.143. The normalized spacial score (nSPS) is 18.3. The van der Waals surface area contributed by atoms with E-state index in [9.17, 15) is 18.0 Å². The Morgan fingerprint density at radius 3 is 2.41 bits per heavy atom. The molecule has 1 aromatic rings. The molecule has 0 saturated carbocycles. The van der Waals surface area contributed by atoms with Crippen LogP contribution in [-0.2, 0) is 24.7 Å². The van der Waals surface area contributed by atoms with Gasteiger partial charge in [0, 0.05) is 5.38 Å². The molecule has 2 amide bonds. The molecule has 1 aromatic heterocycles. The van der Waals surface area contributed by atoms with Gasteiger partial charge in [0.25, 0.3) is 11.8 Å². The van der Waals surface area contributed by atoms with Crippen molar-refractivity contribution < 1.29 is 27.4 Å². The van der Waals surface area contributed by atoms with Gasteiger partial charge < -0.3 is 20.8 Å². The average molecular weight is 490 g/mol. The van der Waals surface area contributed by atoms with Crippen molar-refractivity contribution in [1.29, 1.82) is 5.26 Å². The highest BCUT2D eigenvalue weighted by Crippen LogP contribution is 2.23. The number of rotatable bonds is 9. The van der Waals surface area contributed by atoms with Gasteiger partial charge in [-0.15, -0.1) is 11.3 Å². The Bertz CT molecular complexity index is 963. The van der Waals surface area contributed by atoms with E-state index in [-0.39, 0.29) is 20.8 Å². The predicted octanol–water partition coefficient (Wildman–Crippen LogP) is -0.164. The van der Waals surface area contributed by atoms with Gasteiger partial charge in [-0.2, -0.15) is 13.7 Å². The van der Waals surface area contributed by atoms with E-state index in [1.807, 2.05) is 0 Å². The number of hydrogen-bond donors (Lipinski definition) is 3. The Morgan fingerprint density at radius 1 is 1.44 bits per heavy atom. The molecule has 15 heteroatoms. The van der Waals surface area contributed by atoms with Crippen LogP contribution in [0.1, 0.15) is 33.4 Å². The van der Waals surface area contributed by atoms with Crippen LogP contribution in [0.4, 0.5) is 5.13 Å². The summed E-state index contributed by atoms with van der Waals surface area (Å²) in [6.07, 6.45) is 0. The van der Waals surface area contributed by atoms with E-state index in [1.165, 1.54) is 31.9 Å². The first-order valence-electron chi connectivity index (χ1n) is 9.63. The first kappa shape index (κ1) is 27.2. The van der Waals surface area contributed by atoms with Gasteiger partial charge in [-0.25, -0.2) is 9.29 Å². The van der Waals surface area contributed by atoms with Crippen LogP contribution in [0, 0.1) is 11.3 Å². The van der Waals surface area contributed by atoms with E-state index in [2.05, 4.69) is 46.0 Å². The van der Waals surface area contributed by atoms with Crippen LogP contribution in [0.5, 0.6) is 0 Å². The quantitative estimate of drug-likeness (QED) is 0.138. The average Bonchev–Trinajstić information content (AvgIpc) is 3.16. The molecule has 2 atom stereocenters. The van der Waals surface area contributed by atoms with Crippen molar-refractivity contribution in [2.24, 2.45) is 5.16 Å². The maximum absolute atomic E-state index is 12.3. The van der Waals surface area contributed by atoms with E-state index < -0.39 is 40.8 Å². The zero-order valence-electron chi connectivity index (χ0n) is 18.2. The second kappa shape index (κ2) is 12.3. The summed E-state index contributed by atoms with van der Waals surface area (Å²) in [6.45, 7) is 11.0. The lowest BCUT2D eigenvalue weighted by atomic mass is 10.0. The molecular formula is C17H27N7O6S2. The van der Waals surface area contributed by atoms with Gasteiger partial charge in [0.1, 0.15) is 17.8 Å². The van der Waals surface area contributed by atoms with Crippen molar-refractivity contribution in [3.8, 4) is 6.07 Å². The number of oxime groups is 1. The largest absolute Gasteiger partial charge is 0.380 e. The molecule has 1 aliphatic rings. The molecule has 4 N–H and O–H groups in total. The van der Waals surface area contributed by atoms with Gasteiger partial charge in [0.15, 0.2) is 10.8 Å². The van der Waals surface area contributed by atoms with Crippen LogP contribution in [0.2, 0.25) is 0 Å². The molecule has 1 aliphatic heterocycles. The van der Waals surface area contributed by atoms with Gasteiger partial charge in [0.2, 0.25) is 6.61 Å². The van der Waals surface area contributed by atoms with Crippen molar-refractivity contribution in [3.05, 3.63) is 11.1 Å². The maximum atomic E-state index is 12.3. The Labute approximate surface area is 190 Å². The Morgan fingerprint density at radius 2 is 2.03 bits per heavy atom. The SMILES string of the molecule is CCN(CC)CC.C[C@H]1[C@H](NC(=O)C(=NOCC#N)c2csc(N)n2)C(=O)N1S(=O)(=O)O. The highest BCUT2D eigenvalue weighted by molar-refractivity contribution is 7.84. The van der Waals surface area contributed by atoms with E-state index in [1.54, 1.807) is 6.07 Å². The summed E-state index contributed by atoms with van der Waals surface area (Å²) >= 11 is 1.03. The van der Waals surface area contributed by atoms with Crippen molar-refractivity contribution in [1.82, 2.24) is 19.5 Å². The molecule has 32 heavy (non-hydrogen) atoms. The van der Waals surface area contributed by atoms with E-state index in [0.29, 0.717) is 0 Å². The number of anilines is 1. The molecule has 1 saturated heterocycles. The summed E-state index contributed by atoms with van der Waals surface area (Å²) in [5, 5.41) is 15.8. The Hall–Kier alpha value is -2.80. The van der Waals surface area contributed by atoms with Gasteiger partial charge in [-0.1, -0.05) is 25.9 Å². The van der Waals surface area contributed by atoms with E-state index in [4.69, 9.17) is 15.5 Å². The first-order chi connectivity index (χ1) is 15.0. The number of thiazole rings is 1. The number of aromatic nitrogens is 1. The molecule has 2 heterocycles. The number of nitrogens with two attached hydrogens (primary N) is 1. The predicted molar refractivity (Wildman–Crippen MR) is 118 cm³/mol. The number of nitriles is 1. The van der Waals surface area contributed by atoms with Crippen molar-refractivity contribution in [3.63, 3.8) is 0 Å². The van der Waals surface area contributed by atoms with E-state index >= 15 is 0 Å². The monoisotopic (exact) mass is 489 g/mol. The van der Waals surface area contributed by atoms with Crippen LogP contribution in [0.25, 0.3) is 0 Å². The minimum atomic E-state index is -4.71. The number of nitrogens with zero attached hydrogens (tertiary/aromatic N) is 5. The Kier molecular flexibility index (Phi) is 10.5. The summed E-state index contributed by atoms with van der Waals surface area (Å²) < 4.78 is 31.3. The van der Waals surface area contributed by atoms with E-state index in [0.717, 1.165) is 11.3 Å². The molecule has 0 aliphatic carbocycles. The molecule has 0 unspecified atom stereocenters. The van der Waals surface area contributed by atoms with Crippen molar-refractivity contribution >= 4 is 44.3 Å². The van der Waals surface area contributed by atoms with Gasteiger partial charge >= 0.3 is 10.3 Å². The van der Waals surface area contributed by atoms with Crippen molar-refractivity contribution in [2.75, 3.05) is 32.0 Å². The fourth-order valence-electron chi connectivity index (χ4n) is 2.71. The fourth-order valence-corrected chi connectivity index (χ4v) is 4.14. The number of amides is 2. The topological polar surface area (TPSA) is 191 Å². The number of nitrogens with one attached hydrogen (secondary N) is 1. The third kappa shape index (κ3) is 7.12. The number of hydrogen-bond acceptors (Lipinski definition) is 11. The van der Waals surface area contributed by atoms with Crippen LogP contribution in [0.3, 0.4) is 0 Å². The highest BCUT2D eigenvalue weighted by Gasteiger charge is 2.51. The van der Waals surface area contributed by atoms with Gasteiger partial charge in [0.05, 0.1) is 6.04 Å². The lowest BCUT2D eigenvalue weighted by Crippen LogP contribution is -2.71. The van der Waals surface area contributed by atoms with Crippen molar-refractivity contribution in [2.45, 2.75) is 39.8 Å². The second-order valence-electron chi connectivity index (χ2n) is 6.37. The molecule has 0 bridgehead atoms. The molecular weight excluding hydrogens is 462 g/mol. The standard InChI is InChI=1S/C11H12N6O6S2.C6H15N/c1-5-7(10(19)17(5)25(20,21)22)15-9(18)8(16-23-3-2-12)6-4-24-11(13)14-6;1-4-7(5-2)6-3/h4-5,7H,3H2,1H3,(H2,13,14)(H,15,18)(H,20,21,22);4-6H2,1-3H3/t5-,7-;/m0./s1. The van der Waals surface area contributed by atoms with Gasteiger partial charge in [-0.05, 0) is 26.6 Å². The summed E-state index contributed by atoms with van der Waals surface area (Å²) in [7, 11) is -4.71. The summed E-state index contributed by atoms with van der Waals surface area (Å²) in [5.74, 6) is -1.89. The molecule has 1 fully saturated rings. The molecule has 0 radical (unpaired) electrons. The molecule has 178 valence electrons. The number of β-lactam (4-membered cyclic amide) rings is 1. The summed E-state index contributed by atoms with van der Waals surface area (Å²) in [4.78, 5) is 35.0. The number of carbonyl (C=O) groups is 2. The summed E-state index contributed by atoms with van der Waals surface area (Å²) in [6, 6.07) is -0.521. The van der Waals surface area contributed by atoms with Crippen LogP contribution in [-0.4, -0.2) is 83.0 Å². The zero-order chi connectivity index (χ0) is 24.5. The van der Waals surface area contributed by atoms with Gasteiger partial charge in [-0.3, -0.25) is 14.1 Å². The van der Waals surface area contributed by atoms with Crippen LogP contribution >= 0.6 is 11.3 Å². The number of carbonyl (C=O) groups excluding carboxylic acids is 2. The van der Waals surface area contributed by atoms with Crippen LogP contribution in [0.15, 0.2) is 10.5 Å². The molecule has 2 rings (SSSR count). The third-order valence-corrected chi connectivity index (χ3v) is 6.16.